The van der Waals surface area contributed by atoms with Crippen LogP contribution in [0.15, 0.2) is 35.3 Å². The van der Waals surface area contributed by atoms with Gasteiger partial charge in [0.15, 0.2) is 10.8 Å². The molecule has 1 heterocycles. The molecule has 0 fully saturated rings. The number of aromatic nitrogens is 2. The van der Waals surface area contributed by atoms with E-state index in [2.05, 4.69) is 5.10 Å². The summed E-state index contributed by atoms with van der Waals surface area (Å²) in [6.07, 6.45) is 1.46. The maximum Gasteiger partial charge on any atom is 0.289 e. The highest BCUT2D eigenvalue weighted by Crippen LogP contribution is 2.23. The van der Waals surface area contributed by atoms with E-state index in [0.717, 1.165) is 11.1 Å². The van der Waals surface area contributed by atoms with Crippen molar-refractivity contribution in [3.63, 3.8) is 0 Å². The third-order valence-electron chi connectivity index (χ3n) is 4.11. The normalized spacial score (nSPS) is 12.2. The van der Waals surface area contributed by atoms with E-state index in [1.807, 2.05) is 60.7 Å². The third-order valence-corrected chi connectivity index (χ3v) is 4.45. The zero-order valence-electron chi connectivity index (χ0n) is 16.4. The average molecular weight is 392 g/mol. The van der Waals surface area contributed by atoms with Crippen LogP contribution < -0.4 is 10.3 Å². The van der Waals surface area contributed by atoms with Crippen LogP contribution >= 0.6 is 11.6 Å². The molecule has 0 N–H and O–H groups in total. The van der Waals surface area contributed by atoms with Gasteiger partial charge in [0, 0.05) is 5.40 Å². The molecule has 0 aliphatic heterocycles. The molecule has 0 spiro atoms. The quantitative estimate of drug-likeness (QED) is 0.672. The molecular weight excluding hydrogens is 368 g/mol. The topological polar surface area (TPSA) is 53.4 Å². The molecule has 1 aromatic heterocycles. The van der Waals surface area contributed by atoms with Gasteiger partial charge in [-0.15, -0.1) is 0 Å². The number of benzene rings is 1. The minimum absolute atomic E-state index is 0.0114. The van der Waals surface area contributed by atoms with Gasteiger partial charge in [0.1, 0.15) is 29.0 Å². The Labute approximate surface area is 165 Å². The van der Waals surface area contributed by atoms with Crippen LogP contribution in [0.3, 0.4) is 0 Å². The molecule has 0 bridgehead atoms. The SMILES string of the molecule is BC(B)(OCCF)c1ccc(COc2cnn(C(C)(C)C)c(=O)c2Cl)cc1. The van der Waals surface area contributed by atoms with Gasteiger partial charge in [-0.05, 0) is 31.9 Å². The predicted molar refractivity (Wildman–Crippen MR) is 110 cm³/mol. The van der Waals surface area contributed by atoms with E-state index in [0.29, 0.717) is 0 Å². The number of nitrogens with zero attached hydrogens (tertiary/aromatic N) is 2. The van der Waals surface area contributed by atoms with Crippen LogP contribution in [0.2, 0.25) is 5.02 Å². The van der Waals surface area contributed by atoms with Gasteiger partial charge in [-0.2, -0.15) is 5.10 Å². The zero-order chi connectivity index (χ0) is 20.2. The third kappa shape index (κ3) is 5.36. The van der Waals surface area contributed by atoms with Crippen LogP contribution in [0, 0.1) is 0 Å². The van der Waals surface area contributed by atoms with Crippen molar-refractivity contribution in [3.05, 3.63) is 57.0 Å². The van der Waals surface area contributed by atoms with Gasteiger partial charge < -0.3 is 9.47 Å². The van der Waals surface area contributed by atoms with E-state index in [-0.39, 0.29) is 29.5 Å². The Balaban J connectivity index is 2.09. The molecule has 0 amide bonds. The minimum Gasteiger partial charge on any atom is -0.485 e. The van der Waals surface area contributed by atoms with Crippen LogP contribution in [0.5, 0.6) is 5.75 Å². The van der Waals surface area contributed by atoms with Crippen molar-refractivity contribution < 1.29 is 13.9 Å². The summed E-state index contributed by atoms with van der Waals surface area (Å²) in [6, 6.07) is 7.62. The molecular formula is C18H24B2ClFN2O3. The highest BCUT2D eigenvalue weighted by molar-refractivity contribution is 6.38. The van der Waals surface area contributed by atoms with Crippen LogP contribution in [-0.4, -0.2) is 38.8 Å². The summed E-state index contributed by atoms with van der Waals surface area (Å²) >= 11 is 6.16. The molecule has 2 rings (SSSR count). The van der Waals surface area contributed by atoms with Crippen molar-refractivity contribution >= 4 is 27.3 Å². The summed E-state index contributed by atoms with van der Waals surface area (Å²) in [5, 5.41) is 3.58. The van der Waals surface area contributed by atoms with Crippen molar-refractivity contribution in [1.82, 2.24) is 9.78 Å². The fraction of sp³-hybridized carbons (Fsp3) is 0.444. The minimum atomic E-state index is -0.573. The van der Waals surface area contributed by atoms with E-state index in [9.17, 15) is 9.18 Å². The van der Waals surface area contributed by atoms with Crippen molar-refractivity contribution in [2.24, 2.45) is 0 Å². The molecule has 27 heavy (non-hydrogen) atoms. The second-order valence-corrected chi connectivity index (χ2v) is 8.12. The highest BCUT2D eigenvalue weighted by Gasteiger charge is 2.22. The van der Waals surface area contributed by atoms with E-state index in [1.165, 1.54) is 10.9 Å². The van der Waals surface area contributed by atoms with Crippen LogP contribution in [-0.2, 0) is 22.3 Å². The zero-order valence-corrected chi connectivity index (χ0v) is 17.1. The van der Waals surface area contributed by atoms with Crippen molar-refractivity contribution in [2.75, 3.05) is 13.3 Å². The Morgan fingerprint density at radius 2 is 1.85 bits per heavy atom. The maximum absolute atomic E-state index is 12.3. The first kappa shape index (κ1) is 21.5. The van der Waals surface area contributed by atoms with Gasteiger partial charge in [0.25, 0.3) is 5.56 Å². The van der Waals surface area contributed by atoms with Gasteiger partial charge >= 0.3 is 0 Å². The first-order valence-corrected chi connectivity index (χ1v) is 9.14. The van der Waals surface area contributed by atoms with Gasteiger partial charge in [-0.3, -0.25) is 4.79 Å². The Morgan fingerprint density at radius 1 is 1.22 bits per heavy atom. The summed E-state index contributed by atoms with van der Waals surface area (Å²) in [5.41, 5.74) is 0.985. The lowest BCUT2D eigenvalue weighted by Crippen LogP contribution is -2.36. The lowest BCUT2D eigenvalue weighted by molar-refractivity contribution is 0.0649. The lowest BCUT2D eigenvalue weighted by atomic mass is 9.61. The molecule has 144 valence electrons. The second-order valence-electron chi connectivity index (χ2n) is 7.74. The van der Waals surface area contributed by atoms with Gasteiger partial charge in [-0.1, -0.05) is 35.9 Å². The number of alkyl halides is 1. The smallest absolute Gasteiger partial charge is 0.289 e. The number of rotatable bonds is 7. The van der Waals surface area contributed by atoms with E-state index in [4.69, 9.17) is 21.1 Å². The summed E-state index contributed by atoms with van der Waals surface area (Å²) < 4.78 is 24.9. The molecule has 2 aromatic rings. The molecule has 0 unspecified atom stereocenters. The van der Waals surface area contributed by atoms with Crippen LogP contribution in [0.4, 0.5) is 4.39 Å². The van der Waals surface area contributed by atoms with E-state index >= 15 is 0 Å². The first-order chi connectivity index (χ1) is 12.6. The summed E-state index contributed by atoms with van der Waals surface area (Å²) in [4.78, 5) is 12.3. The Hall–Kier alpha value is -1.79. The fourth-order valence-corrected chi connectivity index (χ4v) is 2.72. The molecule has 5 nitrogen and oxygen atoms in total. The second kappa shape index (κ2) is 8.48. The Kier molecular flexibility index (Phi) is 6.76. The molecule has 0 atom stereocenters. The maximum atomic E-state index is 12.3. The molecule has 0 saturated carbocycles. The Bertz CT molecular complexity index is 836. The molecule has 0 aliphatic rings. The summed E-state index contributed by atoms with van der Waals surface area (Å²) in [6.45, 7) is 5.41. The molecule has 1 aromatic carbocycles. The molecule has 9 heteroatoms. The van der Waals surface area contributed by atoms with Crippen LogP contribution in [0.25, 0.3) is 0 Å². The van der Waals surface area contributed by atoms with Crippen molar-refractivity contribution in [1.29, 1.82) is 0 Å². The Morgan fingerprint density at radius 3 is 2.41 bits per heavy atom. The van der Waals surface area contributed by atoms with Gasteiger partial charge in [0.2, 0.25) is 0 Å². The van der Waals surface area contributed by atoms with Crippen molar-refractivity contribution in [2.45, 2.75) is 38.3 Å². The number of hydrogen-bond acceptors (Lipinski definition) is 4. The largest absolute Gasteiger partial charge is 0.485 e. The summed E-state index contributed by atoms with van der Waals surface area (Å²) in [7, 11) is 3.79. The van der Waals surface area contributed by atoms with E-state index in [1.54, 1.807) is 0 Å². The van der Waals surface area contributed by atoms with Gasteiger partial charge in [-0.25, -0.2) is 9.07 Å². The lowest BCUT2D eigenvalue weighted by Gasteiger charge is -2.26. The predicted octanol–water partition coefficient (Wildman–Crippen LogP) is 1.59. The number of halogens is 2. The summed E-state index contributed by atoms with van der Waals surface area (Å²) in [5.74, 6) is 0.248. The monoisotopic (exact) mass is 392 g/mol. The molecule has 0 aliphatic carbocycles. The molecule has 0 radical (unpaired) electrons. The fourth-order valence-electron chi connectivity index (χ4n) is 2.54. The first-order valence-electron chi connectivity index (χ1n) is 8.76. The average Bonchev–Trinajstić information content (AvgIpc) is 2.60. The number of ether oxygens (including phenoxy) is 2. The highest BCUT2D eigenvalue weighted by atomic mass is 35.5. The molecule has 0 saturated heterocycles. The van der Waals surface area contributed by atoms with Crippen molar-refractivity contribution in [3.8, 4) is 5.75 Å². The number of hydrogen-bond donors (Lipinski definition) is 0. The van der Waals surface area contributed by atoms with E-state index < -0.39 is 17.6 Å². The van der Waals surface area contributed by atoms with Crippen LogP contribution in [0.1, 0.15) is 31.9 Å². The standard InChI is InChI=1S/C18H24B2ClFN2O3/c1-17(2,3)24-16(25)15(21)14(10-23-24)26-11-12-4-6-13(7-5-12)18(19,20)27-9-8-22/h4-7,10H,8-9,11,19-20H2,1-3H3. The van der Waals surface area contributed by atoms with Gasteiger partial charge in [0.05, 0.1) is 18.3 Å².